The molecule has 2 aromatic carbocycles. The summed E-state index contributed by atoms with van der Waals surface area (Å²) in [6.07, 6.45) is 5.89. The van der Waals surface area contributed by atoms with E-state index in [0.717, 1.165) is 44.2 Å². The Morgan fingerprint density at radius 2 is 1.17 bits per heavy atom. The van der Waals surface area contributed by atoms with E-state index in [4.69, 9.17) is 0 Å². The van der Waals surface area contributed by atoms with E-state index in [1.165, 1.54) is 12.1 Å². The van der Waals surface area contributed by atoms with Crippen molar-refractivity contribution in [1.29, 1.82) is 0 Å². The molecule has 0 amide bonds. The van der Waals surface area contributed by atoms with Crippen LogP contribution in [-0.4, -0.2) is 21.3 Å². The first-order valence-corrected chi connectivity index (χ1v) is 9.88. The van der Waals surface area contributed by atoms with Crippen LogP contribution in [0.5, 0.6) is 0 Å². The molecule has 0 aliphatic carbocycles. The molecule has 2 aromatic rings. The summed E-state index contributed by atoms with van der Waals surface area (Å²) in [6, 6.07) is 4.72. The summed E-state index contributed by atoms with van der Waals surface area (Å²) in [5.41, 5.74) is -1.10. The van der Waals surface area contributed by atoms with Gasteiger partial charge < -0.3 is 15.3 Å². The van der Waals surface area contributed by atoms with E-state index in [2.05, 4.69) is 6.92 Å². The lowest BCUT2D eigenvalue weighted by Gasteiger charge is -2.26. The Balaban J connectivity index is 2.24. The highest BCUT2D eigenvalue weighted by atomic mass is 19.2. The molecule has 2 rings (SSSR count). The number of hydrogen-bond donors (Lipinski definition) is 3. The van der Waals surface area contributed by atoms with Crippen molar-refractivity contribution < 1.29 is 37.3 Å². The molecule has 0 heterocycles. The molecule has 30 heavy (non-hydrogen) atoms. The Labute approximate surface area is 171 Å². The Kier molecular flexibility index (Phi) is 8.34. The van der Waals surface area contributed by atoms with E-state index in [1.54, 1.807) is 0 Å². The molecule has 0 aromatic heterocycles. The van der Waals surface area contributed by atoms with E-state index in [0.29, 0.717) is 6.42 Å². The van der Waals surface area contributed by atoms with E-state index in [1.807, 2.05) is 0 Å². The quantitative estimate of drug-likeness (QED) is 0.152. The van der Waals surface area contributed by atoms with Crippen molar-refractivity contribution >= 4 is 0 Å². The van der Waals surface area contributed by atoms with Crippen LogP contribution < -0.4 is 0 Å². The van der Waals surface area contributed by atoms with Crippen LogP contribution in [0.4, 0.5) is 22.0 Å². The van der Waals surface area contributed by atoms with E-state index in [9.17, 15) is 37.3 Å². The third-order valence-electron chi connectivity index (χ3n) is 5.13. The fourth-order valence-electron chi connectivity index (χ4n) is 3.45. The Hall–Kier alpha value is -2.03. The molecule has 0 fully saturated rings. The molecule has 0 saturated carbocycles. The second kappa shape index (κ2) is 10.3. The van der Waals surface area contributed by atoms with Gasteiger partial charge in [0.25, 0.3) is 5.97 Å². The minimum absolute atomic E-state index is 0.234. The topological polar surface area (TPSA) is 60.7 Å². The highest BCUT2D eigenvalue weighted by Crippen LogP contribution is 2.35. The first-order valence-electron chi connectivity index (χ1n) is 9.88. The van der Waals surface area contributed by atoms with Crippen LogP contribution in [0, 0.1) is 29.1 Å². The van der Waals surface area contributed by atoms with Gasteiger partial charge >= 0.3 is 0 Å². The van der Waals surface area contributed by atoms with Gasteiger partial charge in [-0.2, -0.15) is 0 Å². The van der Waals surface area contributed by atoms with Crippen molar-refractivity contribution in [2.24, 2.45) is 0 Å². The van der Waals surface area contributed by atoms with Crippen LogP contribution in [-0.2, 0) is 0 Å². The molecule has 1 atom stereocenters. The first-order chi connectivity index (χ1) is 14.1. The largest absolute Gasteiger partial charge is 0.343 e. The van der Waals surface area contributed by atoms with E-state index < -0.39 is 46.5 Å². The van der Waals surface area contributed by atoms with Crippen molar-refractivity contribution in [3.05, 3.63) is 58.9 Å². The maximum atomic E-state index is 14.0. The molecule has 0 aliphatic rings. The molecule has 0 radical (unpaired) electrons. The fraction of sp³-hybridized carbons (Fsp3) is 0.455. The lowest BCUT2D eigenvalue weighted by Crippen LogP contribution is -2.35. The summed E-state index contributed by atoms with van der Waals surface area (Å²) in [6.45, 7) is 2.09. The Bertz CT molecular complexity index is 818. The van der Waals surface area contributed by atoms with Gasteiger partial charge in [0.15, 0.2) is 23.3 Å². The minimum Gasteiger partial charge on any atom is -0.343 e. The van der Waals surface area contributed by atoms with Crippen molar-refractivity contribution in [3.8, 4) is 11.1 Å². The molecule has 0 aliphatic heterocycles. The molecule has 3 nitrogen and oxygen atoms in total. The number of benzene rings is 2. The fourth-order valence-corrected chi connectivity index (χ4v) is 3.45. The molecule has 0 spiro atoms. The van der Waals surface area contributed by atoms with Gasteiger partial charge in [-0.05, 0) is 17.5 Å². The standard InChI is InChI=1S/C22H25F5O3/c1-2-3-4-5-6-7-8-15(22(28,29)30)13-9-11-14(12-10-13)16-17(23)19(25)21(27)20(26)18(16)24/h9-12,15,28-30H,2-8H2,1H3. The maximum Gasteiger partial charge on any atom is 0.282 e. The van der Waals surface area contributed by atoms with Gasteiger partial charge in [-0.3, -0.25) is 0 Å². The van der Waals surface area contributed by atoms with Crippen molar-refractivity contribution in [3.63, 3.8) is 0 Å². The van der Waals surface area contributed by atoms with Crippen molar-refractivity contribution in [2.75, 3.05) is 0 Å². The zero-order valence-corrected chi connectivity index (χ0v) is 16.6. The first kappa shape index (κ1) is 24.2. The highest BCUT2D eigenvalue weighted by Gasteiger charge is 2.33. The Morgan fingerprint density at radius 3 is 1.67 bits per heavy atom. The monoisotopic (exact) mass is 432 g/mol. The van der Waals surface area contributed by atoms with Crippen LogP contribution in [0.2, 0.25) is 0 Å². The number of unbranched alkanes of at least 4 members (excludes halogenated alkanes) is 5. The SMILES string of the molecule is CCCCCCCCC(c1ccc(-c2c(F)c(F)c(F)c(F)c2F)cc1)C(O)(O)O. The van der Waals surface area contributed by atoms with Crippen LogP contribution >= 0.6 is 0 Å². The summed E-state index contributed by atoms with van der Waals surface area (Å²) < 4.78 is 68.1. The van der Waals surface area contributed by atoms with Crippen LogP contribution in [0.3, 0.4) is 0 Å². The zero-order chi connectivity index (χ0) is 22.5. The lowest BCUT2D eigenvalue weighted by atomic mass is 9.89. The predicted molar refractivity (Wildman–Crippen MR) is 102 cm³/mol. The van der Waals surface area contributed by atoms with Gasteiger partial charge in [0.05, 0.1) is 11.5 Å². The van der Waals surface area contributed by atoms with Crippen molar-refractivity contribution in [2.45, 2.75) is 63.8 Å². The molecule has 166 valence electrons. The second-order valence-corrected chi connectivity index (χ2v) is 7.36. The lowest BCUT2D eigenvalue weighted by molar-refractivity contribution is -0.326. The van der Waals surface area contributed by atoms with Crippen LogP contribution in [0.15, 0.2) is 24.3 Å². The third-order valence-corrected chi connectivity index (χ3v) is 5.13. The molecule has 1 unspecified atom stereocenters. The van der Waals surface area contributed by atoms with Gasteiger partial charge in [0, 0.05) is 0 Å². The van der Waals surface area contributed by atoms with E-state index >= 15 is 0 Å². The van der Waals surface area contributed by atoms with Crippen LogP contribution in [0.25, 0.3) is 11.1 Å². The number of hydrogen-bond acceptors (Lipinski definition) is 3. The van der Waals surface area contributed by atoms with Gasteiger partial charge in [-0.15, -0.1) is 0 Å². The molecular formula is C22H25F5O3. The normalized spacial score (nSPS) is 13.0. The Morgan fingerprint density at radius 1 is 0.700 bits per heavy atom. The van der Waals surface area contributed by atoms with Gasteiger partial charge in [-0.25, -0.2) is 22.0 Å². The van der Waals surface area contributed by atoms with Gasteiger partial charge in [0.1, 0.15) is 0 Å². The van der Waals surface area contributed by atoms with Crippen LogP contribution in [0.1, 0.15) is 63.4 Å². The van der Waals surface area contributed by atoms with Gasteiger partial charge in [-0.1, -0.05) is 69.7 Å². The molecular weight excluding hydrogens is 407 g/mol. The number of rotatable bonds is 10. The molecule has 0 bridgehead atoms. The van der Waals surface area contributed by atoms with Crippen molar-refractivity contribution in [1.82, 2.24) is 0 Å². The maximum absolute atomic E-state index is 14.0. The summed E-state index contributed by atoms with van der Waals surface area (Å²) >= 11 is 0. The van der Waals surface area contributed by atoms with Gasteiger partial charge in [0.2, 0.25) is 5.82 Å². The number of aliphatic hydroxyl groups is 3. The third kappa shape index (κ3) is 5.56. The average Bonchev–Trinajstić information content (AvgIpc) is 2.70. The number of halogens is 5. The summed E-state index contributed by atoms with van der Waals surface area (Å²) in [5.74, 6) is -14.4. The second-order valence-electron chi connectivity index (χ2n) is 7.36. The predicted octanol–water partition coefficient (Wildman–Crippen LogP) is 5.51. The summed E-state index contributed by atoms with van der Waals surface area (Å²) in [4.78, 5) is 0. The average molecular weight is 432 g/mol. The molecule has 8 heteroatoms. The minimum atomic E-state index is -3.02. The summed E-state index contributed by atoms with van der Waals surface area (Å²) in [7, 11) is 0. The van der Waals surface area contributed by atoms with E-state index in [-0.39, 0.29) is 17.5 Å². The molecule has 0 saturated heterocycles. The smallest absolute Gasteiger partial charge is 0.282 e. The molecule has 3 N–H and O–H groups in total. The highest BCUT2D eigenvalue weighted by molar-refractivity contribution is 5.65. The summed E-state index contributed by atoms with van der Waals surface area (Å²) in [5, 5.41) is 29.1. The zero-order valence-electron chi connectivity index (χ0n) is 16.6.